The van der Waals surface area contributed by atoms with Gasteiger partial charge >= 0.3 is 0 Å². The Balaban J connectivity index is 1.97. The monoisotopic (exact) mass is 256 g/mol. The molecular formula is C13H12N4O2. The van der Waals surface area contributed by atoms with Crippen LogP contribution < -0.4 is 0 Å². The highest BCUT2D eigenvalue weighted by Crippen LogP contribution is 2.15. The van der Waals surface area contributed by atoms with Crippen molar-refractivity contribution in [2.45, 2.75) is 19.9 Å². The molecule has 0 spiro atoms. The van der Waals surface area contributed by atoms with Gasteiger partial charge in [-0.25, -0.2) is 15.0 Å². The molecule has 3 aromatic heterocycles. The van der Waals surface area contributed by atoms with Crippen molar-refractivity contribution in [1.82, 2.24) is 19.5 Å². The molecular weight excluding hydrogens is 244 g/mol. The number of aryl methyl sites for hydroxylation is 1. The summed E-state index contributed by atoms with van der Waals surface area (Å²) in [6, 6.07) is 3.33. The Kier molecular flexibility index (Phi) is 2.83. The smallest absolute Gasteiger partial charge is 0.203 e. The molecule has 0 unspecified atom stereocenters. The van der Waals surface area contributed by atoms with E-state index in [1.54, 1.807) is 18.5 Å². The number of fused-ring (bicyclic) bond motifs is 1. The molecule has 3 aromatic rings. The number of imidazole rings is 1. The zero-order valence-corrected chi connectivity index (χ0v) is 10.4. The van der Waals surface area contributed by atoms with Crippen molar-refractivity contribution in [2.75, 3.05) is 0 Å². The number of rotatable bonds is 4. The summed E-state index contributed by atoms with van der Waals surface area (Å²) < 4.78 is 7.00. The number of Topliss-reactive ketones (excluding diaryl/α,β-unsaturated/α-hetero) is 1. The largest absolute Gasteiger partial charge is 0.461 e. The summed E-state index contributed by atoms with van der Waals surface area (Å²) in [7, 11) is 0. The van der Waals surface area contributed by atoms with Gasteiger partial charge in [0.1, 0.15) is 11.8 Å². The molecule has 0 atom stereocenters. The first-order chi connectivity index (χ1) is 9.29. The summed E-state index contributed by atoms with van der Waals surface area (Å²) in [5.41, 5.74) is 2.04. The maximum Gasteiger partial charge on any atom is 0.203 e. The van der Waals surface area contributed by atoms with E-state index < -0.39 is 0 Å². The van der Waals surface area contributed by atoms with Crippen LogP contribution in [-0.4, -0.2) is 25.3 Å². The fraction of sp³-hybridized carbons (Fsp3) is 0.231. The Hall–Kier alpha value is -2.50. The second-order valence-electron chi connectivity index (χ2n) is 4.10. The predicted molar refractivity (Wildman–Crippen MR) is 67.7 cm³/mol. The van der Waals surface area contributed by atoms with Crippen LogP contribution in [0.15, 0.2) is 35.5 Å². The molecule has 0 bridgehead atoms. The van der Waals surface area contributed by atoms with Gasteiger partial charge in [0.15, 0.2) is 11.4 Å². The third kappa shape index (κ3) is 2.01. The van der Waals surface area contributed by atoms with Crippen molar-refractivity contribution in [3.05, 3.63) is 42.5 Å². The number of furan rings is 1. The molecule has 0 aliphatic heterocycles. The molecule has 0 amide bonds. The molecule has 0 aromatic carbocycles. The van der Waals surface area contributed by atoms with Crippen LogP contribution in [-0.2, 0) is 13.0 Å². The molecule has 0 saturated carbocycles. The highest BCUT2D eigenvalue weighted by atomic mass is 16.3. The summed E-state index contributed by atoms with van der Waals surface area (Å²) >= 11 is 0. The number of carbonyl (C=O) groups excluding carboxylic acids is 1. The molecule has 96 valence electrons. The third-order valence-corrected chi connectivity index (χ3v) is 2.94. The van der Waals surface area contributed by atoms with Crippen LogP contribution in [0.4, 0.5) is 0 Å². The van der Waals surface area contributed by atoms with E-state index in [9.17, 15) is 4.79 Å². The van der Waals surface area contributed by atoms with Gasteiger partial charge in [-0.15, -0.1) is 0 Å². The first-order valence-electron chi connectivity index (χ1n) is 6.01. The van der Waals surface area contributed by atoms with Gasteiger partial charge in [0.2, 0.25) is 5.78 Å². The van der Waals surface area contributed by atoms with Crippen molar-refractivity contribution < 1.29 is 9.21 Å². The van der Waals surface area contributed by atoms with E-state index in [1.165, 1.54) is 12.6 Å². The topological polar surface area (TPSA) is 73.8 Å². The third-order valence-electron chi connectivity index (χ3n) is 2.94. The quantitative estimate of drug-likeness (QED) is 0.666. The summed E-state index contributed by atoms with van der Waals surface area (Å²) in [5.74, 6) is 0.220. The molecule has 3 rings (SSSR count). The van der Waals surface area contributed by atoms with E-state index in [4.69, 9.17) is 4.42 Å². The van der Waals surface area contributed by atoms with Crippen LogP contribution in [0.3, 0.4) is 0 Å². The summed E-state index contributed by atoms with van der Waals surface area (Å²) in [5, 5.41) is 0. The second-order valence-corrected chi connectivity index (χ2v) is 4.10. The van der Waals surface area contributed by atoms with Crippen LogP contribution in [0, 0.1) is 0 Å². The van der Waals surface area contributed by atoms with Gasteiger partial charge in [0, 0.05) is 6.54 Å². The average molecular weight is 256 g/mol. The lowest BCUT2D eigenvalue weighted by atomic mass is 10.1. The number of nitrogens with zero attached hydrogens (tertiary/aromatic N) is 4. The van der Waals surface area contributed by atoms with E-state index in [0.717, 1.165) is 12.2 Å². The van der Waals surface area contributed by atoms with Crippen molar-refractivity contribution in [3.8, 4) is 0 Å². The van der Waals surface area contributed by atoms with Crippen molar-refractivity contribution in [2.24, 2.45) is 0 Å². The van der Waals surface area contributed by atoms with Crippen LogP contribution >= 0.6 is 0 Å². The lowest BCUT2D eigenvalue weighted by Crippen LogP contribution is -2.05. The molecule has 0 fully saturated rings. The summed E-state index contributed by atoms with van der Waals surface area (Å²) in [6.45, 7) is 2.79. The van der Waals surface area contributed by atoms with E-state index in [2.05, 4.69) is 15.0 Å². The van der Waals surface area contributed by atoms with Gasteiger partial charge in [0.25, 0.3) is 0 Å². The Labute approximate surface area is 109 Å². The number of hydrogen-bond acceptors (Lipinski definition) is 5. The minimum Gasteiger partial charge on any atom is -0.461 e. The summed E-state index contributed by atoms with van der Waals surface area (Å²) in [4.78, 5) is 24.6. The Morgan fingerprint density at radius 3 is 3.00 bits per heavy atom. The maximum atomic E-state index is 12.0. The number of ketones is 1. The van der Waals surface area contributed by atoms with E-state index in [-0.39, 0.29) is 12.2 Å². The lowest BCUT2D eigenvalue weighted by Gasteiger charge is -2.00. The fourth-order valence-corrected chi connectivity index (χ4v) is 1.97. The first kappa shape index (κ1) is 11.6. The van der Waals surface area contributed by atoms with Crippen LogP contribution in [0.5, 0.6) is 0 Å². The number of hydrogen-bond donors (Lipinski definition) is 0. The van der Waals surface area contributed by atoms with E-state index in [0.29, 0.717) is 17.0 Å². The molecule has 0 radical (unpaired) electrons. The fourth-order valence-electron chi connectivity index (χ4n) is 1.97. The highest BCUT2D eigenvalue weighted by Gasteiger charge is 2.15. The zero-order valence-electron chi connectivity index (χ0n) is 10.4. The molecule has 3 heterocycles. The van der Waals surface area contributed by atoms with E-state index >= 15 is 0 Å². The molecule has 0 aliphatic rings. The number of carbonyl (C=O) groups is 1. The van der Waals surface area contributed by atoms with Crippen molar-refractivity contribution >= 4 is 16.9 Å². The highest BCUT2D eigenvalue weighted by molar-refractivity contribution is 5.96. The molecule has 0 saturated heterocycles. The predicted octanol–water partition coefficient (Wildman–Crippen LogP) is 1.86. The van der Waals surface area contributed by atoms with Crippen LogP contribution in [0.2, 0.25) is 0 Å². The van der Waals surface area contributed by atoms with Crippen LogP contribution in [0.1, 0.15) is 23.2 Å². The molecule has 0 aliphatic carbocycles. The van der Waals surface area contributed by atoms with Gasteiger partial charge in [-0.05, 0) is 19.1 Å². The molecule has 19 heavy (non-hydrogen) atoms. The van der Waals surface area contributed by atoms with Gasteiger partial charge in [-0.3, -0.25) is 4.79 Å². The van der Waals surface area contributed by atoms with Crippen molar-refractivity contribution in [3.63, 3.8) is 0 Å². The molecule has 6 nitrogen and oxygen atoms in total. The normalized spacial score (nSPS) is 11.0. The number of aromatic nitrogens is 4. The van der Waals surface area contributed by atoms with Crippen LogP contribution in [0.25, 0.3) is 11.2 Å². The Bertz CT molecular complexity index is 715. The SMILES string of the molecule is CCn1cnc2c(CC(=O)c3ccco3)ncnc21. The van der Waals surface area contributed by atoms with Gasteiger partial charge in [-0.2, -0.15) is 0 Å². The van der Waals surface area contributed by atoms with Gasteiger partial charge in [-0.1, -0.05) is 0 Å². The average Bonchev–Trinajstić information content (AvgIpc) is 3.08. The molecule has 6 heteroatoms. The van der Waals surface area contributed by atoms with Gasteiger partial charge < -0.3 is 8.98 Å². The maximum absolute atomic E-state index is 12.0. The van der Waals surface area contributed by atoms with Crippen molar-refractivity contribution in [1.29, 1.82) is 0 Å². The van der Waals surface area contributed by atoms with E-state index in [1.807, 2.05) is 11.5 Å². The molecule has 0 N–H and O–H groups in total. The Morgan fingerprint density at radius 2 is 2.26 bits per heavy atom. The second kappa shape index (κ2) is 4.64. The lowest BCUT2D eigenvalue weighted by molar-refractivity contribution is 0.0965. The Morgan fingerprint density at radius 1 is 1.37 bits per heavy atom. The minimum absolute atomic E-state index is 0.115. The summed E-state index contributed by atoms with van der Waals surface area (Å²) in [6.07, 6.45) is 4.81. The minimum atomic E-state index is -0.115. The standard InChI is InChI=1S/C13H12N4O2/c1-2-17-8-16-12-9(14-7-15-13(12)17)6-10(18)11-4-3-5-19-11/h3-5,7-8H,2,6H2,1H3. The van der Waals surface area contributed by atoms with Gasteiger partial charge in [0.05, 0.1) is 24.7 Å². The zero-order chi connectivity index (χ0) is 13.2. The first-order valence-corrected chi connectivity index (χ1v) is 6.01.